The molecule has 34 heavy (non-hydrogen) atoms. The maximum Gasteiger partial charge on any atom is 0.254 e. The third kappa shape index (κ3) is 5.88. The number of carbonyl (C=O) groups excluding carboxylic acids is 1. The second kappa shape index (κ2) is 11.4. The number of hydrogen-bond acceptors (Lipinski definition) is 5. The summed E-state index contributed by atoms with van der Waals surface area (Å²) in [6, 6.07) is 23.3. The number of piperazine rings is 1. The predicted octanol–water partition coefficient (Wildman–Crippen LogP) is 0.140. The Labute approximate surface area is 206 Å². The van der Waals surface area contributed by atoms with Gasteiger partial charge in [-0.3, -0.25) is 4.79 Å². The SMILES string of the molecule is COc1ccccc1N1CCN(C(=O)c2cccc(S(=O)(=O)NCc3ccccc3)c2)CC1.[Cl-]. The predicted molar refractivity (Wildman–Crippen MR) is 128 cm³/mol. The molecule has 0 unspecified atom stereocenters. The maximum absolute atomic E-state index is 13.1. The average Bonchev–Trinajstić information content (AvgIpc) is 2.88. The Morgan fingerprint density at radius 2 is 1.59 bits per heavy atom. The molecule has 1 amide bonds. The lowest BCUT2D eigenvalue weighted by Gasteiger charge is -2.36. The third-order valence-electron chi connectivity index (χ3n) is 5.69. The maximum atomic E-state index is 13.1. The van der Waals surface area contributed by atoms with Gasteiger partial charge in [-0.1, -0.05) is 48.5 Å². The Balaban J connectivity index is 0.00000324. The highest BCUT2D eigenvalue weighted by molar-refractivity contribution is 7.89. The van der Waals surface area contributed by atoms with Crippen LogP contribution in [0, 0.1) is 0 Å². The third-order valence-corrected chi connectivity index (χ3v) is 7.09. The number of halogens is 1. The highest BCUT2D eigenvalue weighted by Crippen LogP contribution is 2.28. The van der Waals surface area contributed by atoms with Crippen molar-refractivity contribution in [1.82, 2.24) is 9.62 Å². The van der Waals surface area contributed by atoms with Crippen molar-refractivity contribution in [2.75, 3.05) is 38.2 Å². The first-order valence-corrected chi connectivity index (χ1v) is 12.3. The van der Waals surface area contributed by atoms with E-state index in [2.05, 4.69) is 9.62 Å². The van der Waals surface area contributed by atoms with Gasteiger partial charge in [0.25, 0.3) is 5.91 Å². The first-order valence-electron chi connectivity index (χ1n) is 10.8. The molecule has 0 spiro atoms. The van der Waals surface area contributed by atoms with E-state index in [0.29, 0.717) is 31.7 Å². The van der Waals surface area contributed by atoms with Gasteiger partial charge in [0.05, 0.1) is 17.7 Å². The molecule has 1 saturated heterocycles. The van der Waals surface area contributed by atoms with Crippen molar-refractivity contribution in [1.29, 1.82) is 0 Å². The van der Waals surface area contributed by atoms with Crippen LogP contribution in [0.3, 0.4) is 0 Å². The standard InChI is InChI=1S/C25H27N3O4S.ClH/c1-32-24-13-6-5-12-23(24)27-14-16-28(17-15-27)25(29)21-10-7-11-22(18-21)33(30,31)26-19-20-8-3-2-4-9-20;/h2-13,18,26H,14-17,19H2,1H3;1H/p-1. The Kier molecular flexibility index (Phi) is 8.55. The largest absolute Gasteiger partial charge is 1.00 e. The van der Waals surface area contributed by atoms with Crippen LogP contribution >= 0.6 is 0 Å². The number of carbonyl (C=O) groups is 1. The number of hydrogen-bond donors (Lipinski definition) is 1. The lowest BCUT2D eigenvalue weighted by atomic mass is 10.1. The van der Waals surface area contributed by atoms with Crippen LogP contribution in [0.5, 0.6) is 5.75 Å². The summed E-state index contributed by atoms with van der Waals surface area (Å²) in [5.41, 5.74) is 2.23. The van der Waals surface area contributed by atoms with E-state index in [9.17, 15) is 13.2 Å². The van der Waals surface area contributed by atoms with Crippen LogP contribution in [0.25, 0.3) is 0 Å². The van der Waals surface area contributed by atoms with Crippen molar-refractivity contribution >= 4 is 21.6 Å². The smallest absolute Gasteiger partial charge is 0.254 e. The molecule has 3 aromatic rings. The van der Waals surface area contributed by atoms with E-state index in [1.807, 2.05) is 54.6 Å². The van der Waals surface area contributed by atoms with Crippen LogP contribution in [0.2, 0.25) is 0 Å². The molecule has 0 aromatic heterocycles. The monoisotopic (exact) mass is 500 g/mol. The lowest BCUT2D eigenvalue weighted by molar-refractivity contribution is -0.0000193. The van der Waals surface area contributed by atoms with Gasteiger partial charge in [0.1, 0.15) is 5.75 Å². The number of nitrogens with one attached hydrogen (secondary N) is 1. The van der Waals surface area contributed by atoms with Gasteiger partial charge in [-0.2, -0.15) is 0 Å². The topological polar surface area (TPSA) is 79.0 Å². The molecule has 9 heteroatoms. The van der Waals surface area contributed by atoms with Crippen LogP contribution in [-0.2, 0) is 16.6 Å². The van der Waals surface area contributed by atoms with Gasteiger partial charge in [-0.15, -0.1) is 0 Å². The molecule has 4 rings (SSSR count). The zero-order chi connectivity index (χ0) is 23.3. The zero-order valence-corrected chi connectivity index (χ0v) is 20.4. The van der Waals surface area contributed by atoms with E-state index in [-0.39, 0.29) is 29.8 Å². The molecule has 0 atom stereocenters. The number of ether oxygens (including phenoxy) is 1. The van der Waals surface area contributed by atoms with Crippen LogP contribution in [0.1, 0.15) is 15.9 Å². The molecule has 3 aromatic carbocycles. The molecule has 0 bridgehead atoms. The molecule has 180 valence electrons. The summed E-state index contributed by atoms with van der Waals surface area (Å²) >= 11 is 0. The number of sulfonamides is 1. The van der Waals surface area contributed by atoms with Crippen molar-refractivity contribution in [3.63, 3.8) is 0 Å². The molecule has 0 radical (unpaired) electrons. The van der Waals surface area contributed by atoms with Crippen molar-refractivity contribution in [2.24, 2.45) is 0 Å². The van der Waals surface area contributed by atoms with E-state index in [4.69, 9.17) is 4.74 Å². The number of para-hydroxylation sites is 2. The molecule has 1 heterocycles. The molecule has 1 aliphatic rings. The minimum atomic E-state index is -3.74. The van der Waals surface area contributed by atoms with E-state index in [1.165, 1.54) is 12.1 Å². The summed E-state index contributed by atoms with van der Waals surface area (Å²) in [6.45, 7) is 2.61. The van der Waals surface area contributed by atoms with Gasteiger partial charge in [-0.05, 0) is 35.9 Å². The van der Waals surface area contributed by atoms with E-state index < -0.39 is 10.0 Å². The van der Waals surface area contributed by atoms with Crippen molar-refractivity contribution in [3.8, 4) is 5.75 Å². The number of methoxy groups -OCH3 is 1. The number of anilines is 1. The van der Waals surface area contributed by atoms with E-state index in [0.717, 1.165) is 17.0 Å². The molecular formula is C25H27ClN3O4S-. The van der Waals surface area contributed by atoms with Crippen molar-refractivity contribution in [2.45, 2.75) is 11.4 Å². The fourth-order valence-electron chi connectivity index (χ4n) is 3.88. The average molecular weight is 501 g/mol. The molecule has 1 fully saturated rings. The second-order valence-corrected chi connectivity index (χ2v) is 9.56. The number of nitrogens with zero attached hydrogens (tertiary/aromatic N) is 2. The van der Waals surface area contributed by atoms with Crippen LogP contribution in [0.15, 0.2) is 83.8 Å². The minimum absolute atomic E-state index is 0. The van der Waals surface area contributed by atoms with Gasteiger partial charge in [0.2, 0.25) is 10.0 Å². The Morgan fingerprint density at radius 1 is 0.912 bits per heavy atom. The van der Waals surface area contributed by atoms with Crippen molar-refractivity contribution < 1.29 is 30.4 Å². The van der Waals surface area contributed by atoms with Gasteiger partial charge in [0.15, 0.2) is 0 Å². The van der Waals surface area contributed by atoms with Gasteiger partial charge in [-0.25, -0.2) is 13.1 Å². The summed E-state index contributed by atoms with van der Waals surface area (Å²) in [4.78, 5) is 17.1. The fourth-order valence-corrected chi connectivity index (χ4v) is 4.94. The Morgan fingerprint density at radius 3 is 2.29 bits per heavy atom. The lowest BCUT2D eigenvalue weighted by Crippen LogP contribution is -3.00. The van der Waals surface area contributed by atoms with E-state index >= 15 is 0 Å². The van der Waals surface area contributed by atoms with Gasteiger partial charge >= 0.3 is 0 Å². The molecule has 0 aliphatic carbocycles. The summed E-state index contributed by atoms with van der Waals surface area (Å²) < 4.78 is 33.6. The highest BCUT2D eigenvalue weighted by atomic mass is 35.5. The van der Waals surface area contributed by atoms with Crippen LogP contribution in [-0.4, -0.2) is 52.5 Å². The quantitative estimate of drug-likeness (QED) is 0.499. The summed E-state index contributed by atoms with van der Waals surface area (Å²) in [6.07, 6.45) is 0. The van der Waals surface area contributed by atoms with Crippen molar-refractivity contribution in [3.05, 3.63) is 90.0 Å². The number of rotatable bonds is 7. The fraction of sp³-hybridized carbons (Fsp3) is 0.240. The van der Waals surface area contributed by atoms with Crippen LogP contribution in [0.4, 0.5) is 5.69 Å². The van der Waals surface area contributed by atoms with E-state index in [1.54, 1.807) is 24.1 Å². The molecule has 1 N–H and O–H groups in total. The number of amides is 1. The van der Waals surface area contributed by atoms with Gasteiger partial charge < -0.3 is 26.9 Å². The Hall–Kier alpha value is -3.07. The first kappa shape index (κ1) is 25.6. The second-order valence-electron chi connectivity index (χ2n) is 7.79. The zero-order valence-electron chi connectivity index (χ0n) is 18.9. The first-order chi connectivity index (χ1) is 16.0. The number of benzene rings is 3. The molecule has 7 nitrogen and oxygen atoms in total. The summed E-state index contributed by atoms with van der Waals surface area (Å²) in [5.74, 6) is 0.632. The van der Waals surface area contributed by atoms with Crippen LogP contribution < -0.4 is 26.8 Å². The Bertz CT molecular complexity index is 1210. The minimum Gasteiger partial charge on any atom is -1.00 e. The molecule has 0 saturated carbocycles. The van der Waals surface area contributed by atoms with Gasteiger partial charge in [0, 0.05) is 38.3 Å². The summed E-state index contributed by atoms with van der Waals surface area (Å²) in [5, 5.41) is 0. The molecule has 1 aliphatic heterocycles. The highest BCUT2D eigenvalue weighted by Gasteiger charge is 2.25. The normalized spacial score (nSPS) is 13.8. The molecular weight excluding hydrogens is 474 g/mol. The summed E-state index contributed by atoms with van der Waals surface area (Å²) in [7, 11) is -2.09.